The summed E-state index contributed by atoms with van der Waals surface area (Å²) in [4.78, 5) is 36.3. The van der Waals surface area contributed by atoms with E-state index in [-0.39, 0.29) is 23.8 Å². The number of carbonyl (C=O) groups excluding carboxylic acids is 2. The van der Waals surface area contributed by atoms with Crippen LogP contribution in [0.15, 0.2) is 30.3 Å². The minimum Gasteiger partial charge on any atom is -0.348 e. The summed E-state index contributed by atoms with van der Waals surface area (Å²) in [5.74, 6) is -0.279. The molecule has 1 aromatic heterocycles. The van der Waals surface area contributed by atoms with E-state index >= 15 is 0 Å². The summed E-state index contributed by atoms with van der Waals surface area (Å²) in [5, 5.41) is 10.7. The van der Waals surface area contributed by atoms with Crippen LogP contribution in [0.5, 0.6) is 0 Å². The Balaban J connectivity index is 2.34. The minimum atomic E-state index is -0.507. The molecule has 0 aliphatic heterocycles. The Bertz CT molecular complexity index is 804. The number of nitro benzene ring substituents is 1. The first-order valence-corrected chi connectivity index (χ1v) is 7.37. The summed E-state index contributed by atoms with van der Waals surface area (Å²) >= 11 is 0. The molecule has 0 spiro atoms. The fourth-order valence-corrected chi connectivity index (χ4v) is 2.51. The first-order valence-electron chi connectivity index (χ1n) is 7.37. The van der Waals surface area contributed by atoms with Crippen LogP contribution in [0.2, 0.25) is 0 Å². The molecule has 0 bridgehead atoms. The molecule has 0 radical (unpaired) electrons. The zero-order valence-electron chi connectivity index (χ0n) is 14.1. The molecule has 0 aliphatic rings. The van der Waals surface area contributed by atoms with E-state index in [2.05, 4.69) is 0 Å². The maximum atomic E-state index is 12.7. The average molecular weight is 329 g/mol. The van der Waals surface area contributed by atoms with Crippen LogP contribution in [0.3, 0.4) is 0 Å². The molecular weight excluding hydrogens is 310 g/mol. The number of rotatable bonds is 5. The second-order valence-electron chi connectivity index (χ2n) is 5.82. The van der Waals surface area contributed by atoms with Crippen molar-refractivity contribution < 1.29 is 14.5 Å². The number of ketones is 1. The molecule has 1 heterocycles. The van der Waals surface area contributed by atoms with Crippen molar-refractivity contribution in [2.24, 2.45) is 7.05 Å². The summed E-state index contributed by atoms with van der Waals surface area (Å²) in [7, 11) is 5.10. The smallest absolute Gasteiger partial charge is 0.269 e. The largest absolute Gasteiger partial charge is 0.348 e. The van der Waals surface area contributed by atoms with E-state index in [4.69, 9.17) is 0 Å². The van der Waals surface area contributed by atoms with Crippen molar-refractivity contribution in [3.8, 4) is 0 Å². The first kappa shape index (κ1) is 17.4. The highest BCUT2D eigenvalue weighted by atomic mass is 16.6. The van der Waals surface area contributed by atoms with Gasteiger partial charge < -0.3 is 9.47 Å². The van der Waals surface area contributed by atoms with Gasteiger partial charge in [-0.1, -0.05) is 0 Å². The standard InChI is InChI=1S/C17H19N3O4/c1-11-9-14(10-15(21)18(2)3)19(4)16(11)17(22)12-5-7-13(8-6-12)20(23)24/h5-9H,10H2,1-4H3. The summed E-state index contributed by atoms with van der Waals surface area (Å²) in [5.41, 5.74) is 2.30. The van der Waals surface area contributed by atoms with Crippen molar-refractivity contribution in [1.29, 1.82) is 0 Å². The Labute approximate surface area is 139 Å². The third kappa shape index (κ3) is 3.34. The number of carbonyl (C=O) groups is 2. The third-order valence-electron chi connectivity index (χ3n) is 3.91. The first-order chi connectivity index (χ1) is 11.2. The van der Waals surface area contributed by atoms with Crippen LogP contribution in [-0.4, -0.2) is 40.2 Å². The van der Waals surface area contributed by atoms with E-state index in [1.54, 1.807) is 25.7 Å². The molecule has 7 nitrogen and oxygen atoms in total. The second kappa shape index (κ2) is 6.66. The van der Waals surface area contributed by atoms with Gasteiger partial charge in [0.05, 0.1) is 17.0 Å². The Hall–Kier alpha value is -2.96. The molecule has 0 saturated heterocycles. The summed E-state index contributed by atoms with van der Waals surface area (Å²) < 4.78 is 1.71. The predicted molar refractivity (Wildman–Crippen MR) is 89.1 cm³/mol. The maximum Gasteiger partial charge on any atom is 0.269 e. The van der Waals surface area contributed by atoms with Crippen LogP contribution in [0, 0.1) is 17.0 Å². The SMILES string of the molecule is Cc1cc(CC(=O)N(C)C)n(C)c1C(=O)c1ccc([N+](=O)[O-])cc1. The summed E-state index contributed by atoms with van der Waals surface area (Å²) in [6.07, 6.45) is 0.206. The molecular formula is C17H19N3O4. The Morgan fingerprint density at radius 3 is 2.29 bits per heavy atom. The normalized spacial score (nSPS) is 10.5. The molecule has 24 heavy (non-hydrogen) atoms. The fraction of sp³-hybridized carbons (Fsp3) is 0.294. The number of nitro groups is 1. The Morgan fingerprint density at radius 2 is 1.79 bits per heavy atom. The Morgan fingerprint density at radius 1 is 1.21 bits per heavy atom. The monoisotopic (exact) mass is 329 g/mol. The molecule has 2 aromatic rings. The highest BCUT2D eigenvalue weighted by Gasteiger charge is 2.20. The number of nitrogens with zero attached hydrogens (tertiary/aromatic N) is 3. The van der Waals surface area contributed by atoms with Crippen molar-refractivity contribution in [3.05, 3.63) is 63.0 Å². The van der Waals surface area contributed by atoms with Crippen molar-refractivity contribution in [3.63, 3.8) is 0 Å². The van der Waals surface area contributed by atoms with Crippen LogP contribution >= 0.6 is 0 Å². The molecule has 7 heteroatoms. The van der Waals surface area contributed by atoms with E-state index in [1.165, 1.54) is 29.2 Å². The van der Waals surface area contributed by atoms with Crippen molar-refractivity contribution in [1.82, 2.24) is 9.47 Å². The highest BCUT2D eigenvalue weighted by molar-refractivity contribution is 6.09. The zero-order valence-corrected chi connectivity index (χ0v) is 14.1. The predicted octanol–water partition coefficient (Wildman–Crippen LogP) is 2.10. The van der Waals surface area contributed by atoms with E-state index < -0.39 is 4.92 Å². The van der Waals surface area contributed by atoms with E-state index in [9.17, 15) is 19.7 Å². The molecule has 126 valence electrons. The number of benzene rings is 1. The topological polar surface area (TPSA) is 85.5 Å². The molecule has 0 aliphatic carbocycles. The van der Waals surface area contributed by atoms with Crippen LogP contribution in [-0.2, 0) is 18.3 Å². The summed E-state index contributed by atoms with van der Waals surface area (Å²) in [6.45, 7) is 1.81. The number of hydrogen-bond donors (Lipinski definition) is 0. The maximum absolute atomic E-state index is 12.7. The number of aromatic nitrogens is 1. The van der Waals surface area contributed by atoms with Gasteiger partial charge in [0, 0.05) is 44.5 Å². The molecule has 0 saturated carbocycles. The Kier molecular flexibility index (Phi) is 4.82. The van der Waals surface area contributed by atoms with Gasteiger partial charge in [0.2, 0.25) is 11.7 Å². The van der Waals surface area contributed by atoms with Crippen LogP contribution in [0.4, 0.5) is 5.69 Å². The van der Waals surface area contributed by atoms with E-state index in [1.807, 2.05) is 13.0 Å². The number of hydrogen-bond acceptors (Lipinski definition) is 4. The van der Waals surface area contributed by atoms with Crippen molar-refractivity contribution >= 4 is 17.4 Å². The van der Waals surface area contributed by atoms with Gasteiger partial charge in [0.25, 0.3) is 5.69 Å². The highest BCUT2D eigenvalue weighted by Crippen LogP contribution is 2.20. The number of amides is 1. The average Bonchev–Trinajstić information content (AvgIpc) is 2.80. The van der Waals surface area contributed by atoms with Gasteiger partial charge in [0.15, 0.2) is 0 Å². The molecule has 0 unspecified atom stereocenters. The van der Waals surface area contributed by atoms with Gasteiger partial charge in [-0.3, -0.25) is 19.7 Å². The minimum absolute atomic E-state index is 0.0510. The van der Waals surface area contributed by atoms with Crippen LogP contribution in [0.25, 0.3) is 0 Å². The van der Waals surface area contributed by atoms with Crippen molar-refractivity contribution in [2.45, 2.75) is 13.3 Å². The van der Waals surface area contributed by atoms with Gasteiger partial charge in [0.1, 0.15) is 0 Å². The quantitative estimate of drug-likeness (QED) is 0.477. The molecule has 2 rings (SSSR count). The van der Waals surface area contributed by atoms with Crippen molar-refractivity contribution in [2.75, 3.05) is 14.1 Å². The lowest BCUT2D eigenvalue weighted by Crippen LogP contribution is -2.24. The van der Waals surface area contributed by atoms with Gasteiger partial charge in [-0.15, -0.1) is 0 Å². The van der Waals surface area contributed by atoms with Gasteiger partial charge in [-0.25, -0.2) is 0 Å². The molecule has 1 amide bonds. The lowest BCUT2D eigenvalue weighted by atomic mass is 10.1. The number of aryl methyl sites for hydroxylation is 1. The molecule has 1 aromatic carbocycles. The summed E-state index contributed by atoms with van der Waals surface area (Å²) in [6, 6.07) is 7.32. The van der Waals surface area contributed by atoms with Crippen LogP contribution in [0.1, 0.15) is 27.3 Å². The molecule has 0 atom stereocenters. The number of non-ortho nitro benzene ring substituents is 1. The molecule has 0 N–H and O–H groups in total. The van der Waals surface area contributed by atoms with Gasteiger partial charge in [-0.05, 0) is 30.7 Å². The number of likely N-dealkylation sites (N-methyl/N-ethyl adjacent to an activating group) is 1. The van der Waals surface area contributed by atoms with Gasteiger partial charge in [-0.2, -0.15) is 0 Å². The van der Waals surface area contributed by atoms with Crippen LogP contribution < -0.4 is 0 Å². The van der Waals surface area contributed by atoms with E-state index in [0.29, 0.717) is 11.3 Å². The lowest BCUT2D eigenvalue weighted by molar-refractivity contribution is -0.384. The van der Waals surface area contributed by atoms with E-state index in [0.717, 1.165) is 11.3 Å². The fourth-order valence-electron chi connectivity index (χ4n) is 2.51. The lowest BCUT2D eigenvalue weighted by Gasteiger charge is -2.11. The second-order valence-corrected chi connectivity index (χ2v) is 5.82. The third-order valence-corrected chi connectivity index (χ3v) is 3.91. The zero-order chi connectivity index (χ0) is 18.0. The van der Waals surface area contributed by atoms with Gasteiger partial charge >= 0.3 is 0 Å². The molecule has 0 fully saturated rings.